The van der Waals surface area contributed by atoms with Crippen molar-refractivity contribution in [2.45, 2.75) is 25.4 Å². The number of nitrogens with zero attached hydrogens (tertiary/aromatic N) is 1. The molecule has 0 saturated carbocycles. The van der Waals surface area contributed by atoms with Crippen LogP contribution in [0.3, 0.4) is 0 Å². The maximum Gasteiger partial charge on any atom is 0.214 e. The summed E-state index contributed by atoms with van der Waals surface area (Å²) < 4.78 is 29.8. The zero-order valence-corrected chi connectivity index (χ0v) is 12.3. The monoisotopic (exact) mass is 279 g/mol. The average Bonchev–Trinajstić information content (AvgIpc) is 2.29. The van der Waals surface area contributed by atoms with Crippen LogP contribution < -0.4 is 10.6 Å². The Morgan fingerprint density at radius 3 is 2.78 bits per heavy atom. The maximum absolute atomic E-state index is 11.6. The van der Waals surface area contributed by atoms with Crippen molar-refractivity contribution in [1.29, 1.82) is 0 Å². The molecule has 0 aromatic carbocycles. The Morgan fingerprint density at radius 1 is 1.50 bits per heavy atom. The van der Waals surface area contributed by atoms with E-state index in [4.69, 9.17) is 4.74 Å². The van der Waals surface area contributed by atoms with Crippen molar-refractivity contribution in [3.63, 3.8) is 0 Å². The lowest BCUT2D eigenvalue weighted by molar-refractivity contribution is 0.0713. The summed E-state index contributed by atoms with van der Waals surface area (Å²) in [6.07, 6.45) is 0.946. The van der Waals surface area contributed by atoms with Crippen molar-refractivity contribution in [3.05, 3.63) is 0 Å². The first-order chi connectivity index (χ1) is 8.42. The number of ether oxygens (including phenoxy) is 1. The summed E-state index contributed by atoms with van der Waals surface area (Å²) >= 11 is 0. The van der Waals surface area contributed by atoms with Gasteiger partial charge < -0.3 is 15.4 Å². The molecule has 0 aliphatic carbocycles. The number of rotatable bonds is 7. The minimum atomic E-state index is -3.10. The van der Waals surface area contributed by atoms with Gasteiger partial charge in [-0.25, -0.2) is 12.7 Å². The van der Waals surface area contributed by atoms with Crippen LogP contribution in [0.15, 0.2) is 0 Å². The fraction of sp³-hybridized carbons (Fsp3) is 1.00. The number of sulfonamides is 1. The topological polar surface area (TPSA) is 70.7 Å². The van der Waals surface area contributed by atoms with Crippen LogP contribution in [0.4, 0.5) is 0 Å². The Kier molecular flexibility index (Phi) is 6.51. The van der Waals surface area contributed by atoms with Gasteiger partial charge in [-0.1, -0.05) is 0 Å². The second-order valence-corrected chi connectivity index (χ2v) is 7.22. The van der Waals surface area contributed by atoms with E-state index in [0.29, 0.717) is 12.6 Å². The van der Waals surface area contributed by atoms with Crippen LogP contribution in [0.25, 0.3) is 0 Å². The largest absolute Gasteiger partial charge is 0.379 e. The Bertz CT molecular complexity index is 326. The van der Waals surface area contributed by atoms with Crippen LogP contribution in [0.1, 0.15) is 13.3 Å². The highest BCUT2D eigenvalue weighted by Crippen LogP contribution is 2.02. The quantitative estimate of drug-likeness (QED) is 0.641. The van der Waals surface area contributed by atoms with Crippen LogP contribution in [0.5, 0.6) is 0 Å². The minimum Gasteiger partial charge on any atom is -0.379 e. The lowest BCUT2D eigenvalue weighted by atomic mass is 10.1. The van der Waals surface area contributed by atoms with Crippen molar-refractivity contribution in [3.8, 4) is 0 Å². The van der Waals surface area contributed by atoms with E-state index in [1.807, 2.05) is 0 Å². The van der Waals surface area contributed by atoms with Gasteiger partial charge >= 0.3 is 0 Å². The van der Waals surface area contributed by atoms with E-state index >= 15 is 0 Å². The van der Waals surface area contributed by atoms with Crippen molar-refractivity contribution in [2.24, 2.45) is 0 Å². The van der Waals surface area contributed by atoms with E-state index in [2.05, 4.69) is 17.6 Å². The summed E-state index contributed by atoms with van der Waals surface area (Å²) in [6.45, 7) is 4.96. The molecule has 1 aliphatic rings. The van der Waals surface area contributed by atoms with Gasteiger partial charge in [-0.2, -0.15) is 0 Å². The second-order valence-electron chi connectivity index (χ2n) is 4.92. The van der Waals surface area contributed by atoms with E-state index in [1.54, 1.807) is 14.1 Å². The highest BCUT2D eigenvalue weighted by Gasteiger charge is 2.17. The van der Waals surface area contributed by atoms with Crippen LogP contribution in [0, 0.1) is 0 Å². The van der Waals surface area contributed by atoms with Crippen LogP contribution in [-0.4, -0.2) is 71.0 Å². The molecule has 0 aromatic rings. The SMILES string of the molecule is CC(CC1COCCN1)NCCS(=O)(=O)N(C)C. The highest BCUT2D eigenvalue weighted by molar-refractivity contribution is 7.89. The standard InChI is InChI=1S/C11H25N3O3S/c1-10(8-11-9-17-6-4-13-11)12-5-7-18(15,16)14(2)3/h10-13H,4-9H2,1-3H3. The molecule has 108 valence electrons. The normalized spacial score (nSPS) is 23.2. The smallest absolute Gasteiger partial charge is 0.214 e. The van der Waals surface area contributed by atoms with Gasteiger partial charge in [0.25, 0.3) is 0 Å². The predicted octanol–water partition coefficient (Wildman–Crippen LogP) is -0.766. The summed E-state index contributed by atoms with van der Waals surface area (Å²) in [6, 6.07) is 0.647. The molecule has 1 saturated heterocycles. The Labute approximate surface area is 110 Å². The summed E-state index contributed by atoms with van der Waals surface area (Å²) in [5.74, 6) is 0.138. The molecular weight excluding hydrogens is 254 g/mol. The van der Waals surface area contributed by atoms with Crippen LogP contribution in [-0.2, 0) is 14.8 Å². The van der Waals surface area contributed by atoms with E-state index in [1.165, 1.54) is 4.31 Å². The van der Waals surface area contributed by atoms with Crippen molar-refractivity contribution < 1.29 is 13.2 Å². The van der Waals surface area contributed by atoms with Gasteiger partial charge in [0.15, 0.2) is 0 Å². The third kappa shape index (κ3) is 5.62. The second kappa shape index (κ2) is 7.40. The first-order valence-corrected chi connectivity index (χ1v) is 7.97. The zero-order chi connectivity index (χ0) is 13.6. The van der Waals surface area contributed by atoms with Gasteiger partial charge in [0.1, 0.15) is 0 Å². The van der Waals surface area contributed by atoms with E-state index in [0.717, 1.165) is 26.2 Å². The van der Waals surface area contributed by atoms with E-state index in [-0.39, 0.29) is 11.8 Å². The summed E-state index contributed by atoms with van der Waals surface area (Å²) in [7, 11) is 0.0187. The number of hydrogen-bond donors (Lipinski definition) is 2. The van der Waals surface area contributed by atoms with Crippen LogP contribution in [0.2, 0.25) is 0 Å². The van der Waals surface area contributed by atoms with Crippen molar-refractivity contribution in [1.82, 2.24) is 14.9 Å². The number of morpholine rings is 1. The highest BCUT2D eigenvalue weighted by atomic mass is 32.2. The van der Waals surface area contributed by atoms with Crippen molar-refractivity contribution in [2.75, 3.05) is 46.2 Å². The molecule has 1 aliphatic heterocycles. The first-order valence-electron chi connectivity index (χ1n) is 6.36. The van der Waals surface area contributed by atoms with Gasteiger partial charge in [0.2, 0.25) is 10.0 Å². The summed E-state index contributed by atoms with van der Waals surface area (Å²) in [4.78, 5) is 0. The zero-order valence-electron chi connectivity index (χ0n) is 11.5. The van der Waals surface area contributed by atoms with Gasteiger partial charge in [-0.05, 0) is 13.3 Å². The van der Waals surface area contributed by atoms with E-state index in [9.17, 15) is 8.42 Å². The maximum atomic E-state index is 11.6. The van der Waals surface area contributed by atoms with Gasteiger partial charge in [0.05, 0.1) is 19.0 Å². The molecule has 0 amide bonds. The lowest BCUT2D eigenvalue weighted by Crippen LogP contribution is -2.45. The molecule has 18 heavy (non-hydrogen) atoms. The molecule has 2 unspecified atom stereocenters. The molecule has 2 N–H and O–H groups in total. The van der Waals surface area contributed by atoms with E-state index < -0.39 is 10.0 Å². The average molecular weight is 279 g/mol. The molecule has 6 nitrogen and oxygen atoms in total. The molecule has 1 fully saturated rings. The number of nitrogens with one attached hydrogen (secondary N) is 2. The molecule has 0 radical (unpaired) electrons. The third-order valence-corrected chi connectivity index (χ3v) is 4.88. The Hall–Kier alpha value is -0.210. The molecule has 2 atom stereocenters. The fourth-order valence-corrected chi connectivity index (χ4v) is 2.64. The lowest BCUT2D eigenvalue weighted by Gasteiger charge is -2.26. The molecule has 1 heterocycles. The van der Waals surface area contributed by atoms with Gasteiger partial charge in [0, 0.05) is 39.3 Å². The first kappa shape index (κ1) is 15.8. The molecule has 0 bridgehead atoms. The molecule has 0 aromatic heterocycles. The van der Waals surface area contributed by atoms with Crippen molar-refractivity contribution >= 4 is 10.0 Å². The van der Waals surface area contributed by atoms with Gasteiger partial charge in [-0.15, -0.1) is 0 Å². The predicted molar refractivity (Wildman–Crippen MR) is 72.2 cm³/mol. The third-order valence-electron chi connectivity index (χ3n) is 3.05. The molecule has 1 rings (SSSR count). The summed E-state index contributed by atoms with van der Waals surface area (Å²) in [5, 5.41) is 6.62. The molecule has 7 heteroatoms. The Balaban J connectivity index is 2.18. The minimum absolute atomic E-state index is 0.138. The van der Waals surface area contributed by atoms with Crippen LogP contribution >= 0.6 is 0 Å². The number of hydrogen-bond acceptors (Lipinski definition) is 5. The molecular formula is C11H25N3O3S. The summed E-state index contributed by atoms with van der Waals surface area (Å²) in [5.41, 5.74) is 0. The van der Waals surface area contributed by atoms with Gasteiger partial charge in [-0.3, -0.25) is 0 Å². The molecule has 0 spiro atoms. The Morgan fingerprint density at radius 2 is 2.22 bits per heavy atom. The fourth-order valence-electron chi connectivity index (χ4n) is 1.90.